The molecule has 1 aromatic rings. The number of benzene rings is 1. The molecule has 1 heterocycles. The fourth-order valence-corrected chi connectivity index (χ4v) is 2.44. The van der Waals surface area contributed by atoms with Crippen LogP contribution in [0.5, 0.6) is 0 Å². The standard InChI is InChI=1S/C13H18N2O/c1-5-14-12-11-9(3)6-8(2)7-10(11)15(4)13(12)16/h6-7,12,14H,5H2,1-4H3. The van der Waals surface area contributed by atoms with Crippen molar-refractivity contribution in [2.45, 2.75) is 26.8 Å². The molecule has 3 heteroatoms. The van der Waals surface area contributed by atoms with Gasteiger partial charge >= 0.3 is 0 Å². The molecule has 0 aliphatic carbocycles. The zero-order chi connectivity index (χ0) is 11.9. The summed E-state index contributed by atoms with van der Waals surface area (Å²) in [6.45, 7) is 6.96. The number of nitrogens with zero attached hydrogens (tertiary/aromatic N) is 1. The Morgan fingerprint density at radius 2 is 2.06 bits per heavy atom. The highest BCUT2D eigenvalue weighted by Gasteiger charge is 2.35. The second-order valence-electron chi connectivity index (χ2n) is 4.40. The molecule has 86 valence electrons. The van der Waals surface area contributed by atoms with E-state index in [1.54, 1.807) is 4.90 Å². The molecule has 1 amide bonds. The van der Waals surface area contributed by atoms with Crippen LogP contribution < -0.4 is 10.2 Å². The van der Waals surface area contributed by atoms with Crippen molar-refractivity contribution in [2.75, 3.05) is 18.5 Å². The van der Waals surface area contributed by atoms with Crippen LogP contribution in [0.25, 0.3) is 0 Å². The maximum absolute atomic E-state index is 12.1. The molecule has 0 spiro atoms. The van der Waals surface area contributed by atoms with Crippen LogP contribution in [0.2, 0.25) is 0 Å². The Balaban J connectivity index is 2.56. The minimum atomic E-state index is -0.161. The first-order valence-electron chi connectivity index (χ1n) is 5.68. The zero-order valence-electron chi connectivity index (χ0n) is 10.3. The first-order valence-corrected chi connectivity index (χ1v) is 5.68. The molecule has 1 aliphatic rings. The maximum atomic E-state index is 12.1. The first kappa shape index (κ1) is 11.1. The number of nitrogens with one attached hydrogen (secondary N) is 1. The van der Waals surface area contributed by atoms with E-state index in [0.717, 1.165) is 17.8 Å². The summed E-state index contributed by atoms with van der Waals surface area (Å²) < 4.78 is 0. The highest BCUT2D eigenvalue weighted by molar-refractivity contribution is 6.04. The molecule has 1 unspecified atom stereocenters. The molecule has 0 radical (unpaired) electrons. The number of hydrogen-bond acceptors (Lipinski definition) is 2. The van der Waals surface area contributed by atoms with Crippen LogP contribution >= 0.6 is 0 Å². The number of rotatable bonds is 2. The molecule has 1 aromatic carbocycles. The summed E-state index contributed by atoms with van der Waals surface area (Å²) in [6, 6.07) is 4.05. The van der Waals surface area contributed by atoms with E-state index in [4.69, 9.17) is 0 Å². The number of carbonyl (C=O) groups is 1. The van der Waals surface area contributed by atoms with Crippen LogP contribution in [0.3, 0.4) is 0 Å². The lowest BCUT2D eigenvalue weighted by Crippen LogP contribution is -2.32. The van der Waals surface area contributed by atoms with Crippen molar-refractivity contribution in [3.63, 3.8) is 0 Å². The Hall–Kier alpha value is -1.35. The summed E-state index contributed by atoms with van der Waals surface area (Å²) in [7, 11) is 1.84. The number of aryl methyl sites for hydroxylation is 2. The molecule has 0 bridgehead atoms. The van der Waals surface area contributed by atoms with E-state index < -0.39 is 0 Å². The minimum Gasteiger partial charge on any atom is -0.313 e. The molecular weight excluding hydrogens is 200 g/mol. The van der Waals surface area contributed by atoms with Gasteiger partial charge in [0.15, 0.2) is 0 Å². The van der Waals surface area contributed by atoms with Crippen LogP contribution in [-0.4, -0.2) is 19.5 Å². The largest absolute Gasteiger partial charge is 0.313 e. The molecule has 0 aromatic heterocycles. The molecule has 2 rings (SSSR count). The molecule has 0 fully saturated rings. The maximum Gasteiger partial charge on any atom is 0.248 e. The minimum absolute atomic E-state index is 0.144. The van der Waals surface area contributed by atoms with E-state index in [1.807, 2.05) is 14.0 Å². The molecule has 0 saturated carbocycles. The molecule has 1 aliphatic heterocycles. The van der Waals surface area contributed by atoms with Crippen molar-refractivity contribution in [3.05, 3.63) is 28.8 Å². The predicted octanol–water partition coefficient (Wildman–Crippen LogP) is 1.93. The Morgan fingerprint density at radius 1 is 1.38 bits per heavy atom. The van der Waals surface area contributed by atoms with Gasteiger partial charge in [-0.15, -0.1) is 0 Å². The Labute approximate surface area is 96.5 Å². The quantitative estimate of drug-likeness (QED) is 0.822. The van der Waals surface area contributed by atoms with Crippen molar-refractivity contribution in [1.82, 2.24) is 5.32 Å². The van der Waals surface area contributed by atoms with Gasteiger partial charge in [-0.05, 0) is 37.6 Å². The third-order valence-corrected chi connectivity index (χ3v) is 3.15. The summed E-state index contributed by atoms with van der Waals surface area (Å²) in [4.78, 5) is 13.8. The topological polar surface area (TPSA) is 32.3 Å². The van der Waals surface area contributed by atoms with Gasteiger partial charge in [-0.1, -0.05) is 13.0 Å². The number of carbonyl (C=O) groups excluding carboxylic acids is 1. The summed E-state index contributed by atoms with van der Waals surface area (Å²) in [6.07, 6.45) is 0. The van der Waals surface area contributed by atoms with Crippen LogP contribution in [-0.2, 0) is 4.79 Å². The SMILES string of the molecule is CCNC1C(=O)N(C)c2cc(C)cc(C)c21. The predicted molar refractivity (Wildman–Crippen MR) is 65.7 cm³/mol. The molecule has 16 heavy (non-hydrogen) atoms. The number of likely N-dealkylation sites (N-methyl/N-ethyl adjacent to an activating group) is 2. The van der Waals surface area contributed by atoms with Crippen molar-refractivity contribution in [3.8, 4) is 0 Å². The van der Waals surface area contributed by atoms with E-state index in [-0.39, 0.29) is 11.9 Å². The van der Waals surface area contributed by atoms with Gasteiger partial charge in [0.05, 0.1) is 0 Å². The van der Waals surface area contributed by atoms with Gasteiger partial charge in [0.1, 0.15) is 6.04 Å². The fourth-order valence-electron chi connectivity index (χ4n) is 2.44. The second-order valence-corrected chi connectivity index (χ2v) is 4.40. The van der Waals surface area contributed by atoms with E-state index in [1.165, 1.54) is 11.1 Å². The monoisotopic (exact) mass is 218 g/mol. The van der Waals surface area contributed by atoms with Crippen LogP contribution in [0.1, 0.15) is 29.7 Å². The number of amides is 1. The normalized spacial score (nSPS) is 19.1. The number of fused-ring (bicyclic) bond motifs is 1. The highest BCUT2D eigenvalue weighted by Crippen LogP contribution is 2.37. The summed E-state index contributed by atoms with van der Waals surface area (Å²) in [5.41, 5.74) is 4.58. The van der Waals surface area contributed by atoms with Crippen LogP contribution in [0, 0.1) is 13.8 Å². The molecule has 1 atom stereocenters. The van der Waals surface area contributed by atoms with Gasteiger partial charge in [-0.2, -0.15) is 0 Å². The first-order chi connectivity index (χ1) is 7.56. The number of anilines is 1. The molecule has 1 N–H and O–H groups in total. The molecule has 0 saturated heterocycles. The van der Waals surface area contributed by atoms with Crippen LogP contribution in [0.4, 0.5) is 5.69 Å². The average Bonchev–Trinajstić information content (AvgIpc) is 2.44. The fraction of sp³-hybridized carbons (Fsp3) is 0.462. The Morgan fingerprint density at radius 3 is 2.69 bits per heavy atom. The van der Waals surface area contributed by atoms with E-state index in [2.05, 4.69) is 31.3 Å². The second kappa shape index (κ2) is 3.91. The summed E-state index contributed by atoms with van der Waals surface area (Å²) >= 11 is 0. The van der Waals surface area contributed by atoms with Gasteiger partial charge in [0.25, 0.3) is 0 Å². The average molecular weight is 218 g/mol. The van der Waals surface area contributed by atoms with E-state index in [0.29, 0.717) is 0 Å². The smallest absolute Gasteiger partial charge is 0.248 e. The van der Waals surface area contributed by atoms with Crippen molar-refractivity contribution in [2.24, 2.45) is 0 Å². The summed E-state index contributed by atoms with van der Waals surface area (Å²) in [5.74, 6) is 0.144. The Kier molecular flexibility index (Phi) is 2.72. The van der Waals surface area contributed by atoms with Gasteiger partial charge in [0.2, 0.25) is 5.91 Å². The molecular formula is C13H18N2O. The lowest BCUT2D eigenvalue weighted by Gasteiger charge is -2.12. The van der Waals surface area contributed by atoms with Crippen molar-refractivity contribution in [1.29, 1.82) is 0 Å². The Bertz CT molecular complexity index is 440. The third kappa shape index (κ3) is 1.52. The third-order valence-electron chi connectivity index (χ3n) is 3.15. The van der Waals surface area contributed by atoms with Crippen molar-refractivity contribution >= 4 is 11.6 Å². The van der Waals surface area contributed by atoms with Gasteiger partial charge < -0.3 is 10.2 Å². The van der Waals surface area contributed by atoms with Gasteiger partial charge in [-0.3, -0.25) is 4.79 Å². The molecule has 3 nitrogen and oxygen atoms in total. The highest BCUT2D eigenvalue weighted by atomic mass is 16.2. The van der Waals surface area contributed by atoms with Crippen molar-refractivity contribution < 1.29 is 4.79 Å². The van der Waals surface area contributed by atoms with Crippen LogP contribution in [0.15, 0.2) is 12.1 Å². The van der Waals surface area contributed by atoms with E-state index in [9.17, 15) is 4.79 Å². The van der Waals surface area contributed by atoms with Gasteiger partial charge in [-0.25, -0.2) is 0 Å². The van der Waals surface area contributed by atoms with E-state index >= 15 is 0 Å². The summed E-state index contributed by atoms with van der Waals surface area (Å²) in [5, 5.41) is 3.25. The zero-order valence-corrected chi connectivity index (χ0v) is 10.3. The lowest BCUT2D eigenvalue weighted by molar-refractivity contribution is -0.119. The number of hydrogen-bond donors (Lipinski definition) is 1. The van der Waals surface area contributed by atoms with Gasteiger partial charge in [0, 0.05) is 18.3 Å². The lowest BCUT2D eigenvalue weighted by atomic mass is 10.00.